The molecule has 80 valence electrons. The lowest BCUT2D eigenvalue weighted by Gasteiger charge is -2.32. The van der Waals surface area contributed by atoms with Crippen LogP contribution in [-0.4, -0.2) is 0 Å². The number of unbranched alkanes of at least 4 members (excludes halogenated alkanes) is 1. The quantitative estimate of drug-likeness (QED) is 0.571. The van der Waals surface area contributed by atoms with Crippen LogP contribution in [0.25, 0.3) is 0 Å². The van der Waals surface area contributed by atoms with E-state index in [2.05, 4.69) is 41.5 Å². The van der Waals surface area contributed by atoms with Gasteiger partial charge in [0.15, 0.2) is 0 Å². The van der Waals surface area contributed by atoms with E-state index in [1.165, 1.54) is 25.7 Å². The summed E-state index contributed by atoms with van der Waals surface area (Å²) in [5.41, 5.74) is 0.499. The van der Waals surface area contributed by atoms with E-state index in [1.54, 1.807) is 0 Å². The van der Waals surface area contributed by atoms with E-state index < -0.39 is 0 Å². The summed E-state index contributed by atoms with van der Waals surface area (Å²) in [6, 6.07) is 0. The van der Waals surface area contributed by atoms with Crippen molar-refractivity contribution in [3.63, 3.8) is 0 Å². The summed E-state index contributed by atoms with van der Waals surface area (Å²) >= 11 is 0. The third kappa shape index (κ3) is 6.12. The lowest BCUT2D eigenvalue weighted by atomic mass is 9.74. The average molecular weight is 184 g/mol. The Kier molecular flexibility index (Phi) is 5.67. The van der Waals surface area contributed by atoms with Crippen molar-refractivity contribution in [2.24, 2.45) is 17.3 Å². The molecule has 1 unspecified atom stereocenters. The van der Waals surface area contributed by atoms with E-state index in [-0.39, 0.29) is 0 Å². The molecule has 0 bridgehead atoms. The number of rotatable bonds is 5. The Labute approximate surface area is 85.1 Å². The monoisotopic (exact) mass is 184 g/mol. The van der Waals surface area contributed by atoms with Gasteiger partial charge in [-0.15, -0.1) is 0 Å². The zero-order valence-electron chi connectivity index (χ0n) is 10.5. The van der Waals surface area contributed by atoms with Crippen LogP contribution in [0.5, 0.6) is 0 Å². The molecule has 0 nitrogen and oxygen atoms in total. The molecule has 0 heteroatoms. The van der Waals surface area contributed by atoms with E-state index in [9.17, 15) is 0 Å². The molecule has 0 aromatic heterocycles. The maximum atomic E-state index is 2.38. The fraction of sp³-hybridized carbons (Fsp3) is 1.00. The standard InChI is InChI=1S/C13H28/c1-7-8-9-12(10-11(2)3)13(4,5)6/h11-12H,7-10H2,1-6H3. The van der Waals surface area contributed by atoms with Crippen LogP contribution >= 0.6 is 0 Å². The van der Waals surface area contributed by atoms with Crippen LogP contribution in [0.4, 0.5) is 0 Å². The molecule has 0 fully saturated rings. The molecule has 13 heavy (non-hydrogen) atoms. The second kappa shape index (κ2) is 5.67. The van der Waals surface area contributed by atoms with Gasteiger partial charge in [-0.3, -0.25) is 0 Å². The fourth-order valence-electron chi connectivity index (χ4n) is 1.92. The highest BCUT2D eigenvalue weighted by Gasteiger charge is 2.24. The van der Waals surface area contributed by atoms with Gasteiger partial charge in [-0.1, -0.05) is 54.4 Å². The Morgan fingerprint density at radius 2 is 1.62 bits per heavy atom. The van der Waals surface area contributed by atoms with Crippen molar-refractivity contribution in [3.8, 4) is 0 Å². The summed E-state index contributed by atoms with van der Waals surface area (Å²) in [5, 5.41) is 0. The maximum absolute atomic E-state index is 2.38. The topological polar surface area (TPSA) is 0 Å². The zero-order valence-corrected chi connectivity index (χ0v) is 10.5. The molecule has 0 heterocycles. The minimum absolute atomic E-state index is 0.499. The number of hydrogen-bond acceptors (Lipinski definition) is 0. The van der Waals surface area contributed by atoms with Gasteiger partial charge in [0, 0.05) is 0 Å². The predicted molar refractivity (Wildman–Crippen MR) is 61.9 cm³/mol. The van der Waals surface area contributed by atoms with Gasteiger partial charge in [-0.25, -0.2) is 0 Å². The van der Waals surface area contributed by atoms with Crippen LogP contribution in [0.1, 0.15) is 67.2 Å². The first-order valence-corrected chi connectivity index (χ1v) is 5.88. The predicted octanol–water partition coefficient (Wildman–Crippen LogP) is 4.89. The molecule has 0 N–H and O–H groups in total. The number of hydrogen-bond donors (Lipinski definition) is 0. The summed E-state index contributed by atoms with van der Waals surface area (Å²) in [4.78, 5) is 0. The first kappa shape index (κ1) is 13.0. The molecule has 0 rings (SSSR count). The zero-order chi connectivity index (χ0) is 10.5. The smallest absolute Gasteiger partial charge is 0.0354 e. The Hall–Kier alpha value is 0. The van der Waals surface area contributed by atoms with E-state index in [4.69, 9.17) is 0 Å². The summed E-state index contributed by atoms with van der Waals surface area (Å²) in [7, 11) is 0. The summed E-state index contributed by atoms with van der Waals surface area (Å²) in [6.07, 6.45) is 5.54. The summed E-state index contributed by atoms with van der Waals surface area (Å²) < 4.78 is 0. The van der Waals surface area contributed by atoms with Gasteiger partial charge in [-0.2, -0.15) is 0 Å². The molecule has 0 aromatic rings. The van der Waals surface area contributed by atoms with Crippen molar-refractivity contribution in [2.75, 3.05) is 0 Å². The highest BCUT2D eigenvalue weighted by molar-refractivity contribution is 4.74. The molecule has 0 aliphatic rings. The summed E-state index contributed by atoms with van der Waals surface area (Å²) in [5.74, 6) is 1.76. The molecule has 0 aromatic carbocycles. The third-order valence-electron chi connectivity index (χ3n) is 2.89. The Bertz CT molecular complexity index is 116. The lowest BCUT2D eigenvalue weighted by molar-refractivity contribution is 0.187. The van der Waals surface area contributed by atoms with Crippen molar-refractivity contribution in [1.82, 2.24) is 0 Å². The molecule has 0 radical (unpaired) electrons. The SMILES string of the molecule is CCCCC(CC(C)C)C(C)(C)C. The molecule has 0 spiro atoms. The molecule has 0 saturated carbocycles. The van der Waals surface area contributed by atoms with Crippen LogP contribution in [0.3, 0.4) is 0 Å². The molecular weight excluding hydrogens is 156 g/mol. The molecular formula is C13H28. The summed E-state index contributed by atoms with van der Waals surface area (Å²) in [6.45, 7) is 14.1. The van der Waals surface area contributed by atoms with Gasteiger partial charge in [-0.05, 0) is 30.1 Å². The van der Waals surface area contributed by atoms with Crippen molar-refractivity contribution in [3.05, 3.63) is 0 Å². The normalized spacial score (nSPS) is 15.0. The Morgan fingerprint density at radius 3 is 1.92 bits per heavy atom. The largest absolute Gasteiger partial charge is 0.0654 e. The van der Waals surface area contributed by atoms with Gasteiger partial charge in [0.25, 0.3) is 0 Å². The van der Waals surface area contributed by atoms with Crippen molar-refractivity contribution in [2.45, 2.75) is 67.2 Å². The van der Waals surface area contributed by atoms with Crippen LogP contribution in [-0.2, 0) is 0 Å². The van der Waals surface area contributed by atoms with E-state index in [0.717, 1.165) is 11.8 Å². The highest BCUT2D eigenvalue weighted by atomic mass is 14.3. The van der Waals surface area contributed by atoms with Crippen LogP contribution in [0.2, 0.25) is 0 Å². The van der Waals surface area contributed by atoms with Gasteiger partial charge in [0.2, 0.25) is 0 Å². The van der Waals surface area contributed by atoms with Crippen LogP contribution in [0, 0.1) is 17.3 Å². The van der Waals surface area contributed by atoms with Crippen molar-refractivity contribution < 1.29 is 0 Å². The molecule has 0 aliphatic carbocycles. The Morgan fingerprint density at radius 1 is 1.08 bits per heavy atom. The van der Waals surface area contributed by atoms with Crippen molar-refractivity contribution >= 4 is 0 Å². The second-order valence-electron chi connectivity index (χ2n) is 5.83. The third-order valence-corrected chi connectivity index (χ3v) is 2.89. The Balaban J connectivity index is 4.03. The lowest BCUT2D eigenvalue weighted by Crippen LogP contribution is -2.22. The maximum Gasteiger partial charge on any atom is -0.0354 e. The first-order chi connectivity index (χ1) is 5.88. The first-order valence-electron chi connectivity index (χ1n) is 5.88. The highest BCUT2D eigenvalue weighted by Crippen LogP contribution is 2.34. The van der Waals surface area contributed by atoms with E-state index in [1.807, 2.05) is 0 Å². The molecule has 0 amide bonds. The molecule has 1 atom stereocenters. The second-order valence-corrected chi connectivity index (χ2v) is 5.83. The van der Waals surface area contributed by atoms with Gasteiger partial charge >= 0.3 is 0 Å². The van der Waals surface area contributed by atoms with Gasteiger partial charge in [0.1, 0.15) is 0 Å². The molecule has 0 saturated heterocycles. The van der Waals surface area contributed by atoms with Gasteiger partial charge in [0.05, 0.1) is 0 Å². The fourth-order valence-corrected chi connectivity index (χ4v) is 1.92. The molecule has 0 aliphatic heterocycles. The van der Waals surface area contributed by atoms with Gasteiger partial charge < -0.3 is 0 Å². The van der Waals surface area contributed by atoms with Crippen LogP contribution < -0.4 is 0 Å². The van der Waals surface area contributed by atoms with E-state index >= 15 is 0 Å². The van der Waals surface area contributed by atoms with Crippen LogP contribution in [0.15, 0.2) is 0 Å². The van der Waals surface area contributed by atoms with E-state index in [0.29, 0.717) is 5.41 Å². The average Bonchev–Trinajstić information content (AvgIpc) is 1.95. The van der Waals surface area contributed by atoms with Crippen molar-refractivity contribution in [1.29, 1.82) is 0 Å². The minimum Gasteiger partial charge on any atom is -0.0654 e. The minimum atomic E-state index is 0.499.